The molecule has 2 aromatic rings. The van der Waals surface area contributed by atoms with Gasteiger partial charge in [-0.1, -0.05) is 6.92 Å². The number of nitrogens with one attached hydrogen (secondary N) is 1. The number of aromatic amines is 1. The molecule has 3 heterocycles. The van der Waals surface area contributed by atoms with Gasteiger partial charge in [-0.25, -0.2) is 4.98 Å². The van der Waals surface area contributed by atoms with Crippen molar-refractivity contribution in [1.29, 1.82) is 0 Å². The van der Waals surface area contributed by atoms with Crippen molar-refractivity contribution < 1.29 is 4.79 Å². The summed E-state index contributed by atoms with van der Waals surface area (Å²) in [4.78, 5) is 38.5. The van der Waals surface area contributed by atoms with Gasteiger partial charge in [0.05, 0.1) is 0 Å². The van der Waals surface area contributed by atoms with Crippen molar-refractivity contribution in [2.75, 3.05) is 13.1 Å². The largest absolute Gasteiger partial charge is 0.338 e. The third-order valence-corrected chi connectivity index (χ3v) is 5.42. The number of carbonyl (C=O) groups is 1. The molecule has 0 saturated carbocycles. The van der Waals surface area contributed by atoms with E-state index in [2.05, 4.69) is 21.9 Å². The Hall–Kier alpha value is -2.54. The maximum Gasteiger partial charge on any atom is 0.254 e. The van der Waals surface area contributed by atoms with Crippen molar-refractivity contribution in [3.63, 3.8) is 0 Å². The second-order valence-corrected chi connectivity index (χ2v) is 7.23. The maximum absolute atomic E-state index is 12.7. The molecule has 0 aromatic carbocycles. The van der Waals surface area contributed by atoms with Gasteiger partial charge in [-0.05, 0) is 44.2 Å². The molecule has 7 nitrogen and oxygen atoms in total. The smallest absolute Gasteiger partial charge is 0.254 e. The quantitative estimate of drug-likeness (QED) is 0.834. The molecule has 1 aliphatic heterocycles. The fraction of sp³-hybridized carbons (Fsp3) is 0.500. The first kappa shape index (κ1) is 19.2. The Labute approximate surface area is 159 Å². The molecule has 0 bridgehead atoms. The van der Waals surface area contributed by atoms with Crippen molar-refractivity contribution in [3.8, 4) is 11.4 Å². The van der Waals surface area contributed by atoms with E-state index in [0.29, 0.717) is 42.4 Å². The van der Waals surface area contributed by atoms with E-state index in [9.17, 15) is 9.59 Å². The highest BCUT2D eigenvalue weighted by Gasteiger charge is 2.30. The lowest BCUT2D eigenvalue weighted by Crippen LogP contribution is -2.51. The molecule has 1 amide bonds. The van der Waals surface area contributed by atoms with Crippen molar-refractivity contribution in [1.82, 2.24) is 19.9 Å². The van der Waals surface area contributed by atoms with Crippen LogP contribution in [0.25, 0.3) is 11.4 Å². The zero-order chi connectivity index (χ0) is 19.4. The lowest BCUT2D eigenvalue weighted by Gasteiger charge is -2.39. The molecule has 7 heteroatoms. The van der Waals surface area contributed by atoms with Crippen LogP contribution in [0.4, 0.5) is 0 Å². The Bertz CT molecular complexity index is 849. The second kappa shape index (κ2) is 8.43. The Morgan fingerprint density at radius 1 is 1.44 bits per heavy atom. The highest BCUT2D eigenvalue weighted by molar-refractivity contribution is 5.77. The van der Waals surface area contributed by atoms with Gasteiger partial charge in [-0.15, -0.1) is 0 Å². The summed E-state index contributed by atoms with van der Waals surface area (Å²) in [5, 5.41) is 0. The summed E-state index contributed by atoms with van der Waals surface area (Å²) in [6, 6.07) is 3.74. The zero-order valence-corrected chi connectivity index (χ0v) is 15.9. The number of nitrogens with zero attached hydrogens (tertiary/aromatic N) is 3. The fourth-order valence-corrected chi connectivity index (χ4v) is 3.84. The molecule has 144 valence electrons. The first-order valence-electron chi connectivity index (χ1n) is 9.51. The van der Waals surface area contributed by atoms with Crippen LogP contribution in [0.2, 0.25) is 0 Å². The number of carbonyl (C=O) groups excluding carboxylic acids is 1. The van der Waals surface area contributed by atoms with Gasteiger partial charge in [0, 0.05) is 54.8 Å². The van der Waals surface area contributed by atoms with Crippen molar-refractivity contribution >= 4 is 5.91 Å². The summed E-state index contributed by atoms with van der Waals surface area (Å²) in [5.41, 5.74) is 7.65. The first-order chi connectivity index (χ1) is 13.0. The van der Waals surface area contributed by atoms with Gasteiger partial charge in [0.2, 0.25) is 5.91 Å². The lowest BCUT2D eigenvalue weighted by atomic mass is 9.90. The fourth-order valence-electron chi connectivity index (χ4n) is 3.84. The minimum Gasteiger partial charge on any atom is -0.338 e. The summed E-state index contributed by atoms with van der Waals surface area (Å²) in [5.74, 6) is 0.971. The Kier molecular flexibility index (Phi) is 6.01. The van der Waals surface area contributed by atoms with Crippen LogP contribution in [-0.4, -0.2) is 44.9 Å². The topological polar surface area (TPSA) is 105 Å². The lowest BCUT2D eigenvalue weighted by molar-refractivity contribution is -0.136. The van der Waals surface area contributed by atoms with Crippen molar-refractivity contribution in [2.45, 2.75) is 45.6 Å². The summed E-state index contributed by atoms with van der Waals surface area (Å²) < 4.78 is 0. The Balaban J connectivity index is 1.73. The molecule has 3 rings (SSSR count). The van der Waals surface area contributed by atoms with Gasteiger partial charge in [-0.2, -0.15) is 0 Å². The van der Waals surface area contributed by atoms with Crippen LogP contribution in [0.15, 0.2) is 29.3 Å². The second-order valence-electron chi connectivity index (χ2n) is 7.23. The predicted molar refractivity (Wildman–Crippen MR) is 104 cm³/mol. The molecule has 2 unspecified atom stereocenters. The van der Waals surface area contributed by atoms with Gasteiger partial charge in [0.1, 0.15) is 5.82 Å². The molecule has 3 N–H and O–H groups in total. The summed E-state index contributed by atoms with van der Waals surface area (Å²) in [6.07, 6.45) is 6.11. The number of nitrogens with two attached hydrogens (primary N) is 1. The average molecular weight is 369 g/mol. The van der Waals surface area contributed by atoms with Crippen molar-refractivity contribution in [3.05, 3.63) is 46.1 Å². The predicted octanol–water partition coefficient (Wildman–Crippen LogP) is 1.66. The highest BCUT2D eigenvalue weighted by atomic mass is 16.2. The van der Waals surface area contributed by atoms with E-state index in [1.165, 1.54) is 0 Å². The van der Waals surface area contributed by atoms with Gasteiger partial charge in [0.25, 0.3) is 5.56 Å². The number of H-pyrrole nitrogens is 1. The third kappa shape index (κ3) is 4.24. The number of hydrogen-bond donors (Lipinski definition) is 2. The summed E-state index contributed by atoms with van der Waals surface area (Å²) in [6.45, 7) is 5.18. The van der Waals surface area contributed by atoms with E-state index >= 15 is 0 Å². The van der Waals surface area contributed by atoms with Crippen LogP contribution < -0.4 is 11.3 Å². The minimum absolute atomic E-state index is 0.0622. The molecule has 27 heavy (non-hydrogen) atoms. The van der Waals surface area contributed by atoms with E-state index in [0.717, 1.165) is 24.9 Å². The van der Waals surface area contributed by atoms with Gasteiger partial charge in [0.15, 0.2) is 0 Å². The molecule has 2 aromatic heterocycles. The SMILES string of the molecule is Cc1nc(-c2cccnc2)[nH]c(=O)c1CCC(=O)N1CCCC(C)C1CN. The number of likely N-dealkylation sites (tertiary alicyclic amines) is 1. The number of aromatic nitrogens is 3. The van der Waals surface area contributed by atoms with Crippen LogP contribution in [0, 0.1) is 12.8 Å². The number of aryl methyl sites for hydroxylation is 1. The number of hydrogen-bond acceptors (Lipinski definition) is 5. The standard InChI is InChI=1S/C20H27N5O2/c1-13-5-4-10-25(17(13)11-21)18(26)8-7-16-14(2)23-19(24-20(16)27)15-6-3-9-22-12-15/h3,6,9,12-13,17H,4-5,7-8,10-11,21H2,1-2H3,(H,23,24,27). The zero-order valence-electron chi connectivity index (χ0n) is 15.9. The molecular weight excluding hydrogens is 342 g/mol. The number of rotatable bonds is 5. The molecule has 0 radical (unpaired) electrons. The monoisotopic (exact) mass is 369 g/mol. The van der Waals surface area contributed by atoms with Crippen LogP contribution in [-0.2, 0) is 11.2 Å². The van der Waals surface area contributed by atoms with E-state index < -0.39 is 0 Å². The highest BCUT2D eigenvalue weighted by Crippen LogP contribution is 2.23. The molecule has 2 atom stereocenters. The molecule has 0 spiro atoms. The average Bonchev–Trinajstić information content (AvgIpc) is 2.67. The van der Waals surface area contributed by atoms with Gasteiger partial charge < -0.3 is 15.6 Å². The number of pyridine rings is 1. The molecular formula is C20H27N5O2. The molecule has 0 aliphatic carbocycles. The van der Waals surface area contributed by atoms with Crippen LogP contribution >= 0.6 is 0 Å². The van der Waals surface area contributed by atoms with Crippen LogP contribution in [0.3, 0.4) is 0 Å². The minimum atomic E-state index is -0.198. The van der Waals surface area contributed by atoms with Crippen molar-refractivity contribution in [2.24, 2.45) is 11.7 Å². The Morgan fingerprint density at radius 3 is 2.93 bits per heavy atom. The van der Waals surface area contributed by atoms with Crippen LogP contribution in [0.5, 0.6) is 0 Å². The number of piperidine rings is 1. The Morgan fingerprint density at radius 2 is 2.26 bits per heavy atom. The van der Waals surface area contributed by atoms with E-state index in [1.54, 1.807) is 25.4 Å². The van der Waals surface area contributed by atoms with E-state index in [1.807, 2.05) is 11.0 Å². The van der Waals surface area contributed by atoms with Gasteiger partial charge in [-0.3, -0.25) is 14.6 Å². The first-order valence-corrected chi connectivity index (χ1v) is 9.51. The van der Waals surface area contributed by atoms with E-state index in [4.69, 9.17) is 5.73 Å². The molecule has 1 aliphatic rings. The maximum atomic E-state index is 12.7. The third-order valence-electron chi connectivity index (χ3n) is 5.42. The molecule has 1 fully saturated rings. The summed E-state index contributed by atoms with van der Waals surface area (Å²) >= 11 is 0. The summed E-state index contributed by atoms with van der Waals surface area (Å²) in [7, 11) is 0. The number of amides is 1. The normalized spacial score (nSPS) is 19.9. The van der Waals surface area contributed by atoms with E-state index in [-0.39, 0.29) is 17.5 Å². The van der Waals surface area contributed by atoms with Gasteiger partial charge >= 0.3 is 0 Å². The van der Waals surface area contributed by atoms with Crippen LogP contribution in [0.1, 0.15) is 37.4 Å². The molecule has 1 saturated heterocycles.